The third kappa shape index (κ3) is 1.98. The monoisotopic (exact) mass is 278 g/mol. The van der Waals surface area contributed by atoms with Crippen LogP contribution in [0.5, 0.6) is 0 Å². The van der Waals surface area contributed by atoms with E-state index in [1.807, 2.05) is 6.07 Å². The van der Waals surface area contributed by atoms with Crippen molar-refractivity contribution in [3.63, 3.8) is 0 Å². The molecule has 1 aromatic carbocycles. The second-order valence-corrected chi connectivity index (χ2v) is 5.30. The van der Waals surface area contributed by atoms with Crippen molar-refractivity contribution in [1.82, 2.24) is 9.97 Å². The van der Waals surface area contributed by atoms with Gasteiger partial charge in [0.05, 0.1) is 10.2 Å². The Kier molecular flexibility index (Phi) is 2.76. The van der Waals surface area contributed by atoms with Crippen LogP contribution in [0.4, 0.5) is 4.39 Å². The molecule has 0 unspecified atom stereocenters. The lowest BCUT2D eigenvalue weighted by molar-refractivity contribution is 0.628. The van der Waals surface area contributed by atoms with Gasteiger partial charge in [0.1, 0.15) is 11.6 Å². The number of rotatable bonds is 1. The van der Waals surface area contributed by atoms with Gasteiger partial charge >= 0.3 is 0 Å². The molecule has 0 aliphatic heterocycles. The van der Waals surface area contributed by atoms with Crippen molar-refractivity contribution in [3.8, 4) is 10.4 Å². The molecule has 0 amide bonds. The van der Waals surface area contributed by atoms with Crippen LogP contribution < -0.4 is 0 Å². The van der Waals surface area contributed by atoms with Crippen LogP contribution in [-0.4, -0.2) is 9.97 Å². The molecular formula is C13H8ClFN2S. The number of hydrogen-bond acceptors (Lipinski definition) is 3. The fraction of sp³-hybridized carbons (Fsp3) is 0.0769. The summed E-state index contributed by atoms with van der Waals surface area (Å²) < 4.78 is 13.7. The molecule has 2 nitrogen and oxygen atoms in total. The minimum Gasteiger partial charge on any atom is -0.232 e. The van der Waals surface area contributed by atoms with Gasteiger partial charge in [-0.05, 0) is 30.7 Å². The molecule has 0 radical (unpaired) electrons. The van der Waals surface area contributed by atoms with Gasteiger partial charge in [0.25, 0.3) is 0 Å². The van der Waals surface area contributed by atoms with E-state index in [0.29, 0.717) is 11.0 Å². The largest absolute Gasteiger partial charge is 0.232 e. The molecule has 5 heteroatoms. The molecule has 3 aromatic rings. The normalized spacial score (nSPS) is 11.1. The van der Waals surface area contributed by atoms with Crippen molar-refractivity contribution in [2.75, 3.05) is 0 Å². The third-order valence-corrected chi connectivity index (χ3v) is 4.14. The van der Waals surface area contributed by atoms with E-state index in [-0.39, 0.29) is 5.82 Å². The molecule has 0 N–H and O–H groups in total. The lowest BCUT2D eigenvalue weighted by atomic mass is 10.2. The molecule has 3 rings (SSSR count). The van der Waals surface area contributed by atoms with Gasteiger partial charge in [0, 0.05) is 4.88 Å². The van der Waals surface area contributed by atoms with Crippen LogP contribution in [0.2, 0.25) is 5.15 Å². The summed E-state index contributed by atoms with van der Waals surface area (Å²) in [6, 6.07) is 8.33. The van der Waals surface area contributed by atoms with Crippen LogP contribution >= 0.6 is 22.9 Å². The Bertz CT molecular complexity index is 722. The highest BCUT2D eigenvalue weighted by Gasteiger charge is 2.10. The average Bonchev–Trinajstić information content (AvgIpc) is 2.74. The highest BCUT2D eigenvalue weighted by Crippen LogP contribution is 2.35. The molecule has 0 atom stereocenters. The first-order chi connectivity index (χ1) is 8.63. The van der Waals surface area contributed by atoms with Gasteiger partial charge in [-0.2, -0.15) is 0 Å². The lowest BCUT2D eigenvalue weighted by Gasteiger charge is -1.95. The van der Waals surface area contributed by atoms with Crippen molar-refractivity contribution >= 4 is 33.2 Å². The third-order valence-electron chi connectivity index (χ3n) is 2.57. The number of fused-ring (bicyclic) bond motifs is 1. The molecule has 0 aliphatic carbocycles. The maximum Gasteiger partial charge on any atom is 0.150 e. The minimum absolute atomic E-state index is 0.242. The summed E-state index contributed by atoms with van der Waals surface area (Å²) in [5, 5.41) is 0.468. The van der Waals surface area contributed by atoms with Crippen LogP contribution in [0.3, 0.4) is 0 Å². The SMILES string of the molecule is Cc1nc(Cl)c2sc(-c3ccc(F)cc3)cc2n1. The Morgan fingerprint density at radius 2 is 1.89 bits per heavy atom. The first-order valence-electron chi connectivity index (χ1n) is 5.33. The van der Waals surface area contributed by atoms with Crippen molar-refractivity contribution in [3.05, 3.63) is 47.1 Å². The summed E-state index contributed by atoms with van der Waals surface area (Å²) in [7, 11) is 0. The highest BCUT2D eigenvalue weighted by atomic mass is 35.5. The molecule has 2 heterocycles. The number of hydrogen-bond donors (Lipinski definition) is 0. The fourth-order valence-electron chi connectivity index (χ4n) is 1.76. The van der Waals surface area contributed by atoms with Gasteiger partial charge in [-0.15, -0.1) is 11.3 Å². The fourth-order valence-corrected chi connectivity index (χ4v) is 3.08. The molecular weight excluding hydrogens is 271 g/mol. The predicted molar refractivity (Wildman–Crippen MR) is 72.6 cm³/mol. The van der Waals surface area contributed by atoms with Crippen molar-refractivity contribution in [2.24, 2.45) is 0 Å². The molecule has 0 saturated heterocycles. The molecule has 0 saturated carbocycles. The number of aromatic nitrogens is 2. The van der Waals surface area contributed by atoms with Crippen LogP contribution in [0, 0.1) is 12.7 Å². The van der Waals surface area contributed by atoms with Gasteiger partial charge in [-0.1, -0.05) is 23.7 Å². The van der Waals surface area contributed by atoms with Crippen molar-refractivity contribution < 1.29 is 4.39 Å². The van der Waals surface area contributed by atoms with Crippen LogP contribution in [-0.2, 0) is 0 Å². The first-order valence-corrected chi connectivity index (χ1v) is 6.52. The molecule has 90 valence electrons. The summed E-state index contributed by atoms with van der Waals surface area (Å²) in [5.74, 6) is 0.407. The zero-order chi connectivity index (χ0) is 12.7. The van der Waals surface area contributed by atoms with Gasteiger partial charge in [-0.3, -0.25) is 0 Å². The number of halogens is 2. The van der Waals surface area contributed by atoms with Crippen molar-refractivity contribution in [2.45, 2.75) is 6.92 Å². The standard InChI is InChI=1S/C13H8ClFN2S/c1-7-16-10-6-11(18-12(10)13(14)17-7)8-2-4-9(15)5-3-8/h2-6H,1H3. The minimum atomic E-state index is -0.242. The zero-order valence-electron chi connectivity index (χ0n) is 9.45. The first kappa shape index (κ1) is 11.6. The quantitative estimate of drug-likeness (QED) is 0.614. The molecule has 0 bridgehead atoms. The molecule has 0 spiro atoms. The summed E-state index contributed by atoms with van der Waals surface area (Å²) in [6.07, 6.45) is 0. The lowest BCUT2D eigenvalue weighted by Crippen LogP contribution is -1.86. The van der Waals surface area contributed by atoms with Gasteiger partial charge in [0.2, 0.25) is 0 Å². The Morgan fingerprint density at radius 1 is 1.17 bits per heavy atom. The van der Waals surface area contributed by atoms with E-state index in [9.17, 15) is 4.39 Å². The number of thiophene rings is 1. The van der Waals surface area contributed by atoms with E-state index in [4.69, 9.17) is 11.6 Å². The maximum atomic E-state index is 12.9. The number of nitrogens with zero attached hydrogens (tertiary/aromatic N) is 2. The summed E-state index contributed by atoms with van der Waals surface area (Å²) in [6.45, 7) is 1.81. The Hall–Kier alpha value is -1.52. The Labute approximate surface area is 112 Å². The van der Waals surface area contributed by atoms with Crippen LogP contribution in [0.1, 0.15) is 5.82 Å². The van der Waals surface area contributed by atoms with E-state index < -0.39 is 0 Å². The van der Waals surface area contributed by atoms with Gasteiger partial charge < -0.3 is 0 Å². The van der Waals surface area contributed by atoms with E-state index >= 15 is 0 Å². The topological polar surface area (TPSA) is 25.8 Å². The summed E-state index contributed by atoms with van der Waals surface area (Å²) in [4.78, 5) is 9.47. The van der Waals surface area contributed by atoms with E-state index in [2.05, 4.69) is 9.97 Å². The van der Waals surface area contributed by atoms with E-state index in [1.54, 1.807) is 19.1 Å². The average molecular weight is 279 g/mol. The second-order valence-electron chi connectivity index (χ2n) is 3.89. The van der Waals surface area contributed by atoms with Crippen LogP contribution in [0.15, 0.2) is 30.3 Å². The molecule has 2 aromatic heterocycles. The smallest absolute Gasteiger partial charge is 0.150 e. The summed E-state index contributed by atoms with van der Waals surface area (Å²) >= 11 is 7.60. The zero-order valence-corrected chi connectivity index (χ0v) is 11.0. The van der Waals surface area contributed by atoms with Crippen molar-refractivity contribution in [1.29, 1.82) is 0 Å². The molecule has 0 fully saturated rings. The maximum absolute atomic E-state index is 12.9. The molecule has 18 heavy (non-hydrogen) atoms. The van der Waals surface area contributed by atoms with E-state index in [1.165, 1.54) is 23.5 Å². The predicted octanol–water partition coefficient (Wildman–Crippen LogP) is 4.46. The second kappa shape index (κ2) is 4.30. The van der Waals surface area contributed by atoms with Gasteiger partial charge in [-0.25, -0.2) is 14.4 Å². The number of aryl methyl sites for hydroxylation is 1. The highest BCUT2D eigenvalue weighted by molar-refractivity contribution is 7.22. The Balaban J connectivity index is 2.19. The van der Waals surface area contributed by atoms with E-state index in [0.717, 1.165) is 20.7 Å². The van der Waals surface area contributed by atoms with Crippen LogP contribution in [0.25, 0.3) is 20.7 Å². The molecule has 0 aliphatic rings. The summed E-state index contributed by atoms with van der Waals surface area (Å²) in [5.41, 5.74) is 1.78. The van der Waals surface area contributed by atoms with Gasteiger partial charge in [0.15, 0.2) is 5.15 Å². The Morgan fingerprint density at radius 3 is 2.61 bits per heavy atom. The number of benzene rings is 1.